The number of nitrogens with zero attached hydrogens (tertiary/aromatic N) is 3. The van der Waals surface area contributed by atoms with E-state index in [0.29, 0.717) is 31.9 Å². The second kappa shape index (κ2) is 5.83. The average Bonchev–Trinajstić information content (AvgIpc) is 2.85. The first-order valence-electron chi connectivity index (χ1n) is 6.41. The molecule has 0 aliphatic carbocycles. The van der Waals surface area contributed by atoms with Crippen LogP contribution in [0.1, 0.15) is 17.4 Å². The molecule has 1 aliphatic heterocycles. The lowest BCUT2D eigenvalue weighted by atomic mass is 10.1. The van der Waals surface area contributed by atoms with Gasteiger partial charge in [-0.1, -0.05) is 0 Å². The number of hydrogen-bond donors (Lipinski definition) is 2. The molecule has 1 aliphatic rings. The van der Waals surface area contributed by atoms with Crippen molar-refractivity contribution in [1.29, 1.82) is 0 Å². The second-order valence-corrected chi connectivity index (χ2v) is 4.54. The summed E-state index contributed by atoms with van der Waals surface area (Å²) in [6.45, 7) is 4.09. The molecule has 0 saturated carbocycles. The molecule has 104 valence electrons. The van der Waals surface area contributed by atoms with E-state index in [1.165, 1.54) is 0 Å². The van der Waals surface area contributed by atoms with E-state index in [0.717, 1.165) is 0 Å². The van der Waals surface area contributed by atoms with Gasteiger partial charge in [0.15, 0.2) is 0 Å². The molecule has 0 radical (unpaired) electrons. The Bertz CT molecular complexity index is 470. The highest BCUT2D eigenvalue weighted by molar-refractivity contribution is 5.96. The SMILES string of the molecule is CCNC(=O)C1CNCCN1C(=O)c1cn(C)cn1. The Morgan fingerprint density at radius 2 is 2.37 bits per heavy atom. The average molecular weight is 265 g/mol. The zero-order valence-corrected chi connectivity index (χ0v) is 11.2. The van der Waals surface area contributed by atoms with Gasteiger partial charge >= 0.3 is 0 Å². The fourth-order valence-corrected chi connectivity index (χ4v) is 2.14. The Labute approximate surface area is 112 Å². The number of carbonyl (C=O) groups excluding carboxylic acids is 2. The monoisotopic (exact) mass is 265 g/mol. The molecule has 2 amide bonds. The van der Waals surface area contributed by atoms with Crippen LogP contribution in [0.2, 0.25) is 0 Å². The highest BCUT2D eigenvalue weighted by Gasteiger charge is 2.33. The van der Waals surface area contributed by atoms with Gasteiger partial charge in [0.05, 0.1) is 6.33 Å². The van der Waals surface area contributed by atoms with Crippen molar-refractivity contribution in [2.24, 2.45) is 7.05 Å². The summed E-state index contributed by atoms with van der Waals surface area (Å²) in [7, 11) is 1.81. The van der Waals surface area contributed by atoms with E-state index in [9.17, 15) is 9.59 Å². The molecule has 0 aromatic carbocycles. The van der Waals surface area contributed by atoms with Gasteiger partial charge in [0.25, 0.3) is 5.91 Å². The number of likely N-dealkylation sites (N-methyl/N-ethyl adjacent to an activating group) is 1. The number of aromatic nitrogens is 2. The number of amides is 2. The highest BCUT2D eigenvalue weighted by Crippen LogP contribution is 2.09. The number of aryl methyl sites for hydroxylation is 1. The molecule has 0 bridgehead atoms. The van der Waals surface area contributed by atoms with Crippen LogP contribution < -0.4 is 10.6 Å². The van der Waals surface area contributed by atoms with Crippen molar-refractivity contribution in [2.45, 2.75) is 13.0 Å². The fourth-order valence-electron chi connectivity index (χ4n) is 2.14. The minimum atomic E-state index is -0.469. The molecule has 2 rings (SSSR count). The van der Waals surface area contributed by atoms with Gasteiger partial charge < -0.3 is 20.1 Å². The highest BCUT2D eigenvalue weighted by atomic mass is 16.2. The topological polar surface area (TPSA) is 79.3 Å². The van der Waals surface area contributed by atoms with Crippen LogP contribution in [0.4, 0.5) is 0 Å². The fraction of sp³-hybridized carbons (Fsp3) is 0.583. The van der Waals surface area contributed by atoms with E-state index in [1.807, 2.05) is 14.0 Å². The van der Waals surface area contributed by atoms with Crippen LogP contribution in [0.3, 0.4) is 0 Å². The van der Waals surface area contributed by atoms with Crippen molar-refractivity contribution in [3.8, 4) is 0 Å². The quantitative estimate of drug-likeness (QED) is 0.732. The van der Waals surface area contributed by atoms with Crippen molar-refractivity contribution in [3.05, 3.63) is 18.2 Å². The molecule has 2 N–H and O–H groups in total. The summed E-state index contributed by atoms with van der Waals surface area (Å²) in [5.74, 6) is -0.322. The Kier molecular flexibility index (Phi) is 4.16. The molecule has 7 heteroatoms. The van der Waals surface area contributed by atoms with Crippen molar-refractivity contribution in [3.63, 3.8) is 0 Å². The van der Waals surface area contributed by atoms with Crippen LogP contribution in [0.25, 0.3) is 0 Å². The third-order valence-corrected chi connectivity index (χ3v) is 3.08. The van der Waals surface area contributed by atoms with E-state index in [2.05, 4.69) is 15.6 Å². The second-order valence-electron chi connectivity index (χ2n) is 4.54. The summed E-state index contributed by atoms with van der Waals surface area (Å²) < 4.78 is 1.72. The molecule has 1 aromatic rings. The van der Waals surface area contributed by atoms with E-state index in [4.69, 9.17) is 0 Å². The van der Waals surface area contributed by atoms with Gasteiger partial charge in [-0.15, -0.1) is 0 Å². The largest absolute Gasteiger partial charge is 0.355 e. The number of imidazole rings is 1. The number of nitrogens with one attached hydrogen (secondary N) is 2. The summed E-state index contributed by atoms with van der Waals surface area (Å²) in [6.07, 6.45) is 3.25. The Hall–Kier alpha value is -1.89. The molecular weight excluding hydrogens is 246 g/mol. The van der Waals surface area contributed by atoms with Crippen LogP contribution in [0.15, 0.2) is 12.5 Å². The first-order chi connectivity index (χ1) is 9.13. The van der Waals surface area contributed by atoms with Crippen molar-refractivity contribution < 1.29 is 9.59 Å². The predicted octanol–water partition coefficient (Wildman–Crippen LogP) is -1.03. The Morgan fingerprint density at radius 1 is 1.58 bits per heavy atom. The standard InChI is InChI=1S/C12H19N5O2/c1-3-14-11(18)10-6-13-4-5-17(10)12(19)9-7-16(2)8-15-9/h7-8,10,13H,3-6H2,1-2H3,(H,14,18). The van der Waals surface area contributed by atoms with Gasteiger partial charge in [0.1, 0.15) is 11.7 Å². The van der Waals surface area contributed by atoms with Crippen molar-refractivity contribution in [2.75, 3.05) is 26.2 Å². The molecule has 2 heterocycles. The lowest BCUT2D eigenvalue weighted by Crippen LogP contribution is -2.59. The summed E-state index contributed by atoms with van der Waals surface area (Å²) in [5, 5.41) is 5.89. The maximum absolute atomic E-state index is 12.4. The number of rotatable bonds is 3. The maximum Gasteiger partial charge on any atom is 0.274 e. The first-order valence-corrected chi connectivity index (χ1v) is 6.41. The van der Waals surface area contributed by atoms with Crippen LogP contribution in [0, 0.1) is 0 Å². The summed E-state index contributed by atoms with van der Waals surface area (Å²) in [6, 6.07) is -0.469. The number of carbonyl (C=O) groups is 2. The van der Waals surface area contributed by atoms with Crippen LogP contribution in [-0.2, 0) is 11.8 Å². The molecule has 1 unspecified atom stereocenters. The van der Waals surface area contributed by atoms with E-state index in [-0.39, 0.29) is 11.8 Å². The molecule has 1 fully saturated rings. The Balaban J connectivity index is 2.15. The normalized spacial score (nSPS) is 19.3. The molecule has 7 nitrogen and oxygen atoms in total. The van der Waals surface area contributed by atoms with E-state index in [1.54, 1.807) is 22.0 Å². The third-order valence-electron chi connectivity index (χ3n) is 3.08. The lowest BCUT2D eigenvalue weighted by molar-refractivity contribution is -0.126. The minimum Gasteiger partial charge on any atom is -0.355 e. The maximum atomic E-state index is 12.4. The minimum absolute atomic E-state index is 0.126. The summed E-state index contributed by atoms with van der Waals surface area (Å²) in [5.41, 5.74) is 0.374. The third kappa shape index (κ3) is 2.93. The zero-order chi connectivity index (χ0) is 13.8. The molecule has 1 aromatic heterocycles. The van der Waals surface area contributed by atoms with Gasteiger partial charge in [0, 0.05) is 39.4 Å². The summed E-state index contributed by atoms with van der Waals surface area (Å²) in [4.78, 5) is 30.0. The van der Waals surface area contributed by atoms with Crippen molar-refractivity contribution in [1.82, 2.24) is 25.1 Å². The van der Waals surface area contributed by atoms with Crippen molar-refractivity contribution >= 4 is 11.8 Å². The van der Waals surface area contributed by atoms with Gasteiger partial charge in [-0.05, 0) is 6.92 Å². The van der Waals surface area contributed by atoms with Gasteiger partial charge in [0.2, 0.25) is 5.91 Å². The molecular formula is C12H19N5O2. The first kappa shape index (κ1) is 13.5. The van der Waals surface area contributed by atoms with Crippen LogP contribution in [-0.4, -0.2) is 58.5 Å². The van der Waals surface area contributed by atoms with E-state index < -0.39 is 6.04 Å². The number of hydrogen-bond acceptors (Lipinski definition) is 4. The zero-order valence-electron chi connectivity index (χ0n) is 11.2. The summed E-state index contributed by atoms with van der Waals surface area (Å²) >= 11 is 0. The van der Waals surface area contributed by atoms with Gasteiger partial charge in [-0.25, -0.2) is 4.98 Å². The smallest absolute Gasteiger partial charge is 0.274 e. The lowest BCUT2D eigenvalue weighted by Gasteiger charge is -2.34. The van der Waals surface area contributed by atoms with E-state index >= 15 is 0 Å². The Morgan fingerprint density at radius 3 is 3.00 bits per heavy atom. The van der Waals surface area contributed by atoms with Crippen LogP contribution >= 0.6 is 0 Å². The van der Waals surface area contributed by atoms with Crippen LogP contribution in [0.5, 0.6) is 0 Å². The molecule has 1 saturated heterocycles. The van der Waals surface area contributed by atoms with Gasteiger partial charge in [-0.2, -0.15) is 0 Å². The predicted molar refractivity (Wildman–Crippen MR) is 69.6 cm³/mol. The van der Waals surface area contributed by atoms with Gasteiger partial charge in [-0.3, -0.25) is 9.59 Å². The molecule has 19 heavy (non-hydrogen) atoms. The molecule has 0 spiro atoms. The molecule has 1 atom stereocenters. The number of piperazine rings is 1.